The van der Waals surface area contributed by atoms with Gasteiger partial charge >= 0.3 is 0 Å². The first-order valence-electron chi connectivity index (χ1n) is 6.28. The zero-order chi connectivity index (χ0) is 13.1. The van der Waals surface area contributed by atoms with Gasteiger partial charge in [-0.1, -0.05) is 26.0 Å². The van der Waals surface area contributed by atoms with E-state index in [9.17, 15) is 9.90 Å². The van der Waals surface area contributed by atoms with Crippen LogP contribution in [0, 0.1) is 5.92 Å². The van der Waals surface area contributed by atoms with Crippen LogP contribution in [0.25, 0.3) is 0 Å². The van der Waals surface area contributed by atoms with Crippen molar-refractivity contribution in [3.63, 3.8) is 0 Å². The van der Waals surface area contributed by atoms with E-state index in [2.05, 4.69) is 13.8 Å². The number of hydrogen-bond donors (Lipinski definition) is 1. The Morgan fingerprint density at radius 2 is 2.06 bits per heavy atom. The van der Waals surface area contributed by atoms with Gasteiger partial charge in [-0.15, -0.1) is 11.8 Å². The smallest absolute Gasteiger partial charge is 0.224 e. The summed E-state index contributed by atoms with van der Waals surface area (Å²) in [5.41, 5.74) is 1.09. The van der Waals surface area contributed by atoms with Crippen LogP contribution in [-0.4, -0.2) is 28.2 Å². The van der Waals surface area contributed by atoms with Gasteiger partial charge in [-0.05, 0) is 23.6 Å². The fraction of sp³-hybridized carbons (Fsp3) is 0.500. The molecular formula is C14H19NO2S. The molecule has 0 bridgehead atoms. The molecule has 1 aliphatic rings. The van der Waals surface area contributed by atoms with Crippen LogP contribution in [0.5, 0.6) is 5.75 Å². The zero-order valence-electron chi connectivity index (χ0n) is 10.8. The number of amides is 1. The molecule has 1 aromatic rings. The minimum absolute atomic E-state index is 0.0919. The van der Waals surface area contributed by atoms with Gasteiger partial charge in [0.05, 0.1) is 0 Å². The molecule has 3 nitrogen and oxygen atoms in total. The third-order valence-corrected chi connectivity index (χ3v) is 4.22. The predicted molar refractivity (Wildman–Crippen MR) is 74.5 cm³/mol. The van der Waals surface area contributed by atoms with Crippen LogP contribution in [-0.2, 0) is 4.79 Å². The molecule has 0 radical (unpaired) electrons. The maximum atomic E-state index is 12.0. The first-order valence-corrected chi connectivity index (χ1v) is 7.33. The summed E-state index contributed by atoms with van der Waals surface area (Å²) in [6.45, 7) is 5.04. The SMILES string of the molecule is CC(C)CN1C(=O)CCSC1c1ccc(O)cc1. The normalized spacial score (nSPS) is 20.5. The average molecular weight is 265 g/mol. The minimum atomic E-state index is 0.0919. The number of carbonyl (C=O) groups excluding carboxylic acids is 1. The van der Waals surface area contributed by atoms with E-state index in [1.54, 1.807) is 23.9 Å². The Hall–Kier alpha value is -1.16. The van der Waals surface area contributed by atoms with Crippen LogP contribution in [0.2, 0.25) is 0 Å². The molecule has 1 saturated heterocycles. The van der Waals surface area contributed by atoms with Gasteiger partial charge < -0.3 is 10.0 Å². The first-order chi connectivity index (χ1) is 8.58. The molecule has 0 aromatic heterocycles. The maximum Gasteiger partial charge on any atom is 0.224 e. The maximum absolute atomic E-state index is 12.0. The number of aromatic hydroxyl groups is 1. The van der Waals surface area contributed by atoms with Crippen LogP contribution in [0.1, 0.15) is 31.2 Å². The van der Waals surface area contributed by atoms with E-state index in [1.165, 1.54) is 0 Å². The standard InChI is InChI=1S/C14H19NO2S/c1-10(2)9-15-13(17)7-8-18-14(15)11-3-5-12(16)6-4-11/h3-6,10,14,16H,7-9H2,1-2H3. The first kappa shape index (κ1) is 13.3. The quantitative estimate of drug-likeness (QED) is 0.913. The third-order valence-electron chi connectivity index (χ3n) is 2.94. The summed E-state index contributed by atoms with van der Waals surface area (Å²) in [6.07, 6.45) is 0.631. The molecule has 1 aromatic carbocycles. The van der Waals surface area contributed by atoms with Crippen molar-refractivity contribution in [1.29, 1.82) is 0 Å². The van der Waals surface area contributed by atoms with Crippen molar-refractivity contribution in [3.05, 3.63) is 29.8 Å². The summed E-state index contributed by atoms with van der Waals surface area (Å²) < 4.78 is 0. The van der Waals surface area contributed by atoms with Gasteiger partial charge in [0.1, 0.15) is 11.1 Å². The molecule has 1 atom stereocenters. The van der Waals surface area contributed by atoms with E-state index >= 15 is 0 Å². The van der Waals surface area contributed by atoms with Crippen LogP contribution >= 0.6 is 11.8 Å². The molecule has 2 rings (SSSR count). The van der Waals surface area contributed by atoms with E-state index in [0.717, 1.165) is 17.9 Å². The molecule has 0 saturated carbocycles. The number of thioether (sulfide) groups is 1. The zero-order valence-corrected chi connectivity index (χ0v) is 11.6. The number of rotatable bonds is 3. The Labute approximate surface area is 112 Å². The summed E-state index contributed by atoms with van der Waals surface area (Å²) >= 11 is 1.80. The topological polar surface area (TPSA) is 40.5 Å². The van der Waals surface area contributed by atoms with Crippen molar-refractivity contribution in [2.75, 3.05) is 12.3 Å². The molecule has 1 aliphatic heterocycles. The highest BCUT2D eigenvalue weighted by molar-refractivity contribution is 7.99. The fourth-order valence-corrected chi connectivity index (χ4v) is 3.38. The summed E-state index contributed by atoms with van der Waals surface area (Å²) in [6, 6.07) is 7.17. The largest absolute Gasteiger partial charge is 0.508 e. The summed E-state index contributed by atoms with van der Waals surface area (Å²) in [5, 5.41) is 9.42. The highest BCUT2D eigenvalue weighted by Crippen LogP contribution is 2.38. The lowest BCUT2D eigenvalue weighted by Crippen LogP contribution is -2.39. The fourth-order valence-electron chi connectivity index (χ4n) is 2.13. The summed E-state index contributed by atoms with van der Waals surface area (Å²) in [4.78, 5) is 14.0. The number of hydrogen-bond acceptors (Lipinski definition) is 3. The lowest BCUT2D eigenvalue weighted by molar-refractivity contribution is -0.132. The lowest BCUT2D eigenvalue weighted by atomic mass is 10.1. The highest BCUT2D eigenvalue weighted by Gasteiger charge is 2.29. The minimum Gasteiger partial charge on any atom is -0.508 e. The van der Waals surface area contributed by atoms with E-state index in [4.69, 9.17) is 0 Å². The Morgan fingerprint density at radius 1 is 1.39 bits per heavy atom. The molecule has 1 unspecified atom stereocenters. The van der Waals surface area contributed by atoms with Crippen molar-refractivity contribution >= 4 is 17.7 Å². The molecular weight excluding hydrogens is 246 g/mol. The monoisotopic (exact) mass is 265 g/mol. The number of carbonyl (C=O) groups is 1. The molecule has 4 heteroatoms. The number of nitrogens with zero attached hydrogens (tertiary/aromatic N) is 1. The van der Waals surface area contributed by atoms with E-state index in [0.29, 0.717) is 12.3 Å². The van der Waals surface area contributed by atoms with Gasteiger partial charge in [-0.3, -0.25) is 4.79 Å². The van der Waals surface area contributed by atoms with Crippen LogP contribution in [0.3, 0.4) is 0 Å². The molecule has 18 heavy (non-hydrogen) atoms. The Bertz CT molecular complexity index is 416. The average Bonchev–Trinajstić information content (AvgIpc) is 2.32. The second-order valence-electron chi connectivity index (χ2n) is 5.00. The molecule has 1 amide bonds. The Morgan fingerprint density at radius 3 is 2.67 bits per heavy atom. The molecule has 0 spiro atoms. The van der Waals surface area contributed by atoms with Gasteiger partial charge in [0.15, 0.2) is 0 Å². The molecule has 1 fully saturated rings. The van der Waals surface area contributed by atoms with E-state index in [-0.39, 0.29) is 17.0 Å². The highest BCUT2D eigenvalue weighted by atomic mass is 32.2. The number of phenolic OH excluding ortho intramolecular Hbond substituents is 1. The second kappa shape index (κ2) is 5.65. The van der Waals surface area contributed by atoms with E-state index in [1.807, 2.05) is 17.0 Å². The van der Waals surface area contributed by atoms with Gasteiger partial charge in [-0.2, -0.15) is 0 Å². The van der Waals surface area contributed by atoms with Crippen LogP contribution < -0.4 is 0 Å². The van der Waals surface area contributed by atoms with Gasteiger partial charge in [0.2, 0.25) is 5.91 Å². The van der Waals surface area contributed by atoms with Crippen LogP contribution in [0.15, 0.2) is 24.3 Å². The Balaban J connectivity index is 2.22. The van der Waals surface area contributed by atoms with E-state index < -0.39 is 0 Å². The molecule has 1 N–H and O–H groups in total. The summed E-state index contributed by atoms with van der Waals surface area (Å²) in [7, 11) is 0. The van der Waals surface area contributed by atoms with Crippen LogP contribution in [0.4, 0.5) is 0 Å². The third kappa shape index (κ3) is 2.99. The lowest BCUT2D eigenvalue weighted by Gasteiger charge is -2.36. The molecule has 0 aliphatic carbocycles. The van der Waals surface area contributed by atoms with Crippen molar-refractivity contribution in [3.8, 4) is 5.75 Å². The Kier molecular flexibility index (Phi) is 4.17. The van der Waals surface area contributed by atoms with Gasteiger partial charge in [0, 0.05) is 18.7 Å². The number of phenols is 1. The predicted octanol–water partition coefficient (Wildman–Crippen LogP) is 3.01. The van der Waals surface area contributed by atoms with Gasteiger partial charge in [-0.25, -0.2) is 0 Å². The van der Waals surface area contributed by atoms with Crippen molar-refractivity contribution in [2.24, 2.45) is 5.92 Å². The summed E-state index contributed by atoms with van der Waals surface area (Å²) in [5.74, 6) is 1.84. The van der Waals surface area contributed by atoms with Crippen molar-refractivity contribution in [1.82, 2.24) is 4.90 Å². The molecule has 1 heterocycles. The number of benzene rings is 1. The second-order valence-corrected chi connectivity index (χ2v) is 6.19. The molecule has 98 valence electrons. The van der Waals surface area contributed by atoms with Crippen molar-refractivity contribution in [2.45, 2.75) is 25.6 Å². The van der Waals surface area contributed by atoms with Gasteiger partial charge in [0.25, 0.3) is 0 Å². The van der Waals surface area contributed by atoms with Crippen molar-refractivity contribution < 1.29 is 9.90 Å².